The monoisotopic (exact) mass is 676 g/mol. The van der Waals surface area contributed by atoms with Crippen molar-refractivity contribution in [3.8, 4) is 0 Å². The number of amides is 1. The summed E-state index contributed by atoms with van der Waals surface area (Å²) in [5.74, 6) is -8.26. The number of carbonyl (C=O) groups is 4. The molecule has 3 rings (SSSR count). The first-order chi connectivity index (χ1) is 20.4. The number of morpholine rings is 1. The zero-order valence-corrected chi connectivity index (χ0v) is 23.4. The fourth-order valence-corrected chi connectivity index (χ4v) is 3.48. The minimum absolute atomic E-state index is 0.0114. The maximum absolute atomic E-state index is 12.2. The summed E-state index contributed by atoms with van der Waals surface area (Å²) in [6, 6.07) is 3.86. The average Bonchev–Trinajstić information content (AvgIpc) is 2.88. The molecule has 45 heavy (non-hydrogen) atoms. The van der Waals surface area contributed by atoms with Gasteiger partial charge in [-0.05, 0) is 24.7 Å². The summed E-state index contributed by atoms with van der Waals surface area (Å²) in [6.45, 7) is 5.00. The highest BCUT2D eigenvalue weighted by Gasteiger charge is 2.49. The molecule has 2 aliphatic rings. The summed E-state index contributed by atoms with van der Waals surface area (Å²) in [4.78, 5) is 47.4. The number of halogens is 9. The number of carboxylic acids is 3. The Hall–Kier alpha value is -3.76. The Morgan fingerprint density at radius 2 is 1.33 bits per heavy atom. The Morgan fingerprint density at radius 1 is 0.911 bits per heavy atom. The van der Waals surface area contributed by atoms with Gasteiger partial charge in [-0.1, -0.05) is 0 Å². The lowest BCUT2D eigenvalue weighted by molar-refractivity contribution is -0.198. The van der Waals surface area contributed by atoms with E-state index in [1.54, 1.807) is 7.11 Å². The third kappa shape index (κ3) is 16.2. The van der Waals surface area contributed by atoms with Gasteiger partial charge in [-0.2, -0.15) is 39.5 Å². The van der Waals surface area contributed by atoms with Gasteiger partial charge in [0.2, 0.25) is 5.91 Å². The number of carbonyl (C=O) groups excluding carboxylic acids is 1. The van der Waals surface area contributed by atoms with Crippen LogP contribution >= 0.6 is 0 Å². The van der Waals surface area contributed by atoms with Gasteiger partial charge in [-0.15, -0.1) is 0 Å². The standard InChI is InChI=1S/C17H26N4O3.3C2HF3O2/c1-20-11-17(24-10-15(20)16(22)19-7-8-23-2)12-21(13-17)9-14-3-5-18-6-4-14;3*3-2(4,5)1(6)7/h3-6,15H,7-13H2,1-2H3,(H,19,22);3*(H,6,7). The van der Waals surface area contributed by atoms with Crippen molar-refractivity contribution in [3.63, 3.8) is 0 Å². The number of carboxylic acid groups (broad SMARTS) is 3. The van der Waals surface area contributed by atoms with E-state index in [4.69, 9.17) is 39.2 Å². The molecule has 2 saturated heterocycles. The first-order valence-electron chi connectivity index (χ1n) is 12.1. The second kappa shape index (κ2) is 17.7. The van der Waals surface area contributed by atoms with Crippen molar-refractivity contribution in [3.05, 3.63) is 30.1 Å². The Morgan fingerprint density at radius 3 is 1.69 bits per heavy atom. The van der Waals surface area contributed by atoms with E-state index < -0.39 is 36.4 Å². The van der Waals surface area contributed by atoms with E-state index in [1.807, 2.05) is 31.6 Å². The summed E-state index contributed by atoms with van der Waals surface area (Å²) in [5, 5.41) is 24.3. The lowest BCUT2D eigenvalue weighted by atomic mass is 9.90. The van der Waals surface area contributed by atoms with Crippen LogP contribution in [0.1, 0.15) is 5.56 Å². The SMILES string of the molecule is COCCNC(=O)C1COC2(CN(Cc3ccncc3)C2)CN1C.O=C(O)C(F)(F)F.O=C(O)C(F)(F)F.O=C(O)C(F)(F)F. The number of aliphatic carboxylic acids is 3. The van der Waals surface area contributed by atoms with Crippen molar-refractivity contribution in [1.29, 1.82) is 0 Å². The molecular weight excluding hydrogens is 647 g/mol. The highest BCUT2D eigenvalue weighted by atomic mass is 19.4. The number of alkyl halides is 9. The van der Waals surface area contributed by atoms with Crippen LogP contribution in [0, 0.1) is 0 Å². The van der Waals surface area contributed by atoms with Gasteiger partial charge >= 0.3 is 36.4 Å². The van der Waals surface area contributed by atoms with Crippen LogP contribution < -0.4 is 5.32 Å². The molecule has 1 aromatic rings. The topological polar surface area (TPSA) is 179 Å². The highest BCUT2D eigenvalue weighted by molar-refractivity contribution is 5.82. The maximum atomic E-state index is 12.2. The second-order valence-corrected chi connectivity index (χ2v) is 9.12. The first kappa shape index (κ1) is 41.2. The maximum Gasteiger partial charge on any atom is 0.490 e. The van der Waals surface area contributed by atoms with Gasteiger partial charge in [0.1, 0.15) is 11.6 Å². The Balaban J connectivity index is 0.000000753. The normalized spacial score (nSPS) is 18.0. The molecule has 2 fully saturated rings. The van der Waals surface area contributed by atoms with Crippen LogP contribution in [0.3, 0.4) is 0 Å². The number of methoxy groups -OCH3 is 1. The molecule has 2 aliphatic heterocycles. The van der Waals surface area contributed by atoms with Crippen molar-refractivity contribution in [2.24, 2.45) is 0 Å². The van der Waals surface area contributed by atoms with Crippen molar-refractivity contribution in [2.75, 3.05) is 53.6 Å². The number of ether oxygens (including phenoxy) is 2. The third-order valence-corrected chi connectivity index (χ3v) is 5.43. The molecule has 0 radical (unpaired) electrons. The Kier molecular flexibility index (Phi) is 16.2. The molecule has 0 bridgehead atoms. The fourth-order valence-electron chi connectivity index (χ4n) is 3.48. The lowest BCUT2D eigenvalue weighted by Gasteiger charge is -2.55. The Bertz CT molecular complexity index is 1040. The number of nitrogens with one attached hydrogen (secondary N) is 1. The van der Waals surface area contributed by atoms with Crippen molar-refractivity contribution in [1.82, 2.24) is 20.1 Å². The quantitative estimate of drug-likeness (QED) is 0.253. The summed E-state index contributed by atoms with van der Waals surface area (Å²) in [7, 11) is 3.62. The highest BCUT2D eigenvalue weighted by Crippen LogP contribution is 2.31. The molecule has 4 N–H and O–H groups in total. The summed E-state index contributed by atoms with van der Waals surface area (Å²) in [5.41, 5.74) is 1.13. The molecule has 3 heterocycles. The summed E-state index contributed by atoms with van der Waals surface area (Å²) < 4.78 is 106. The number of likely N-dealkylation sites (N-methyl/N-ethyl adjacent to an activating group) is 1. The zero-order chi connectivity index (χ0) is 35.2. The van der Waals surface area contributed by atoms with Crippen LogP contribution in [-0.4, -0.2) is 138 Å². The van der Waals surface area contributed by atoms with Gasteiger partial charge < -0.3 is 30.1 Å². The molecule has 1 spiro atoms. The second-order valence-electron chi connectivity index (χ2n) is 9.12. The smallest absolute Gasteiger partial charge is 0.475 e. The van der Waals surface area contributed by atoms with Gasteiger partial charge in [0, 0.05) is 52.2 Å². The van der Waals surface area contributed by atoms with Gasteiger partial charge in [0.15, 0.2) is 0 Å². The molecule has 0 saturated carbocycles. The molecule has 1 unspecified atom stereocenters. The summed E-state index contributed by atoms with van der Waals surface area (Å²) >= 11 is 0. The molecule has 22 heteroatoms. The van der Waals surface area contributed by atoms with E-state index in [9.17, 15) is 44.3 Å². The summed E-state index contributed by atoms with van der Waals surface area (Å²) in [6.07, 6.45) is -11.6. The molecule has 0 aromatic carbocycles. The molecule has 1 aromatic heterocycles. The predicted octanol–water partition coefficient (Wildman–Crippen LogP) is 1.63. The van der Waals surface area contributed by atoms with Gasteiger partial charge in [-0.3, -0.25) is 19.6 Å². The predicted molar refractivity (Wildman–Crippen MR) is 131 cm³/mol. The van der Waals surface area contributed by atoms with Crippen LogP contribution in [0.2, 0.25) is 0 Å². The van der Waals surface area contributed by atoms with Crippen LogP contribution in [-0.2, 0) is 35.2 Å². The lowest BCUT2D eigenvalue weighted by Crippen LogP contribution is -2.72. The van der Waals surface area contributed by atoms with E-state index >= 15 is 0 Å². The molecule has 1 atom stereocenters. The van der Waals surface area contributed by atoms with E-state index in [0.29, 0.717) is 19.8 Å². The van der Waals surface area contributed by atoms with Gasteiger partial charge in [-0.25, -0.2) is 14.4 Å². The van der Waals surface area contributed by atoms with Crippen LogP contribution in [0.5, 0.6) is 0 Å². The minimum atomic E-state index is -5.08. The number of likely N-dealkylation sites (tertiary alicyclic amines) is 1. The van der Waals surface area contributed by atoms with Crippen molar-refractivity contribution < 1.29 is 83.5 Å². The number of rotatable bonds is 6. The molecule has 13 nitrogen and oxygen atoms in total. The van der Waals surface area contributed by atoms with E-state index in [-0.39, 0.29) is 17.6 Å². The van der Waals surface area contributed by atoms with Crippen LogP contribution in [0.25, 0.3) is 0 Å². The number of hydrogen-bond acceptors (Lipinski definition) is 9. The number of aromatic nitrogens is 1. The minimum Gasteiger partial charge on any atom is -0.475 e. The Labute approximate surface area is 248 Å². The largest absolute Gasteiger partial charge is 0.490 e. The molecular formula is C23H29F9N4O9. The van der Waals surface area contributed by atoms with Crippen molar-refractivity contribution in [2.45, 2.75) is 36.7 Å². The van der Waals surface area contributed by atoms with E-state index in [0.717, 1.165) is 26.2 Å². The molecule has 258 valence electrons. The molecule has 1 amide bonds. The third-order valence-electron chi connectivity index (χ3n) is 5.43. The van der Waals surface area contributed by atoms with E-state index in [1.165, 1.54) is 5.56 Å². The van der Waals surface area contributed by atoms with Crippen LogP contribution in [0.4, 0.5) is 39.5 Å². The zero-order valence-electron chi connectivity index (χ0n) is 23.4. The van der Waals surface area contributed by atoms with Gasteiger partial charge in [0.05, 0.1) is 13.2 Å². The van der Waals surface area contributed by atoms with Crippen molar-refractivity contribution >= 4 is 23.8 Å². The number of nitrogens with zero attached hydrogens (tertiary/aromatic N) is 3. The molecule has 0 aliphatic carbocycles. The first-order valence-corrected chi connectivity index (χ1v) is 12.1. The fraction of sp³-hybridized carbons (Fsp3) is 0.609. The number of hydrogen-bond donors (Lipinski definition) is 4. The van der Waals surface area contributed by atoms with Crippen LogP contribution in [0.15, 0.2) is 24.5 Å². The average molecular weight is 676 g/mol. The van der Waals surface area contributed by atoms with Gasteiger partial charge in [0.25, 0.3) is 0 Å². The van der Waals surface area contributed by atoms with E-state index in [2.05, 4.69) is 20.1 Å². The number of pyridine rings is 1.